The van der Waals surface area contributed by atoms with Crippen LogP contribution in [0.1, 0.15) is 0 Å². The molecule has 0 spiro atoms. The fourth-order valence-corrected chi connectivity index (χ4v) is 1.50. The van der Waals surface area contributed by atoms with Gasteiger partial charge in [-0.15, -0.1) is 38.5 Å². The standard InChI is InChI=1S/C18H6/c1-7-13(8-2)16-17(14(9-3)10-4)18(16)15(11-5)12-6/h1-6H. The molecule has 0 bridgehead atoms. The lowest BCUT2D eigenvalue weighted by Crippen LogP contribution is -1.72. The Bertz CT molecular complexity index is 593. The van der Waals surface area contributed by atoms with E-state index in [1.54, 1.807) is 0 Å². The lowest BCUT2D eigenvalue weighted by Gasteiger charge is -1.81. The molecule has 1 aliphatic rings. The molecular weight excluding hydrogens is 216 g/mol. The smallest absolute Gasteiger partial charge is 0.0824 e. The third-order valence-electron chi connectivity index (χ3n) is 2.30. The molecule has 18 heavy (non-hydrogen) atoms. The molecule has 0 aliphatic heterocycles. The molecule has 0 heteroatoms. The Balaban J connectivity index is 3.79. The fourth-order valence-electron chi connectivity index (χ4n) is 1.50. The molecule has 0 aromatic carbocycles. The van der Waals surface area contributed by atoms with Gasteiger partial charge in [-0.25, -0.2) is 0 Å². The Labute approximate surface area is 108 Å². The Morgan fingerprint density at radius 2 is 0.611 bits per heavy atom. The van der Waals surface area contributed by atoms with E-state index in [0.29, 0.717) is 33.4 Å². The van der Waals surface area contributed by atoms with Gasteiger partial charge in [0, 0.05) is 16.7 Å². The second kappa shape index (κ2) is 5.07. The van der Waals surface area contributed by atoms with Crippen LogP contribution in [0.5, 0.6) is 0 Å². The summed E-state index contributed by atoms with van der Waals surface area (Å²) in [5.74, 6) is 14.3. The minimum atomic E-state index is 0.339. The molecule has 0 aromatic rings. The minimum absolute atomic E-state index is 0.339. The summed E-state index contributed by atoms with van der Waals surface area (Å²) in [6.45, 7) is 0. The normalized spacial score (nSPS) is 10.7. The van der Waals surface area contributed by atoms with E-state index in [1.165, 1.54) is 0 Å². The fraction of sp³-hybridized carbons (Fsp3) is 0. The van der Waals surface area contributed by atoms with Gasteiger partial charge in [0.05, 0.1) is 16.7 Å². The molecule has 0 unspecified atom stereocenters. The Kier molecular flexibility index (Phi) is 3.57. The quantitative estimate of drug-likeness (QED) is 0.547. The van der Waals surface area contributed by atoms with Gasteiger partial charge in [-0.05, 0) is 0 Å². The van der Waals surface area contributed by atoms with Crippen LogP contribution < -0.4 is 0 Å². The molecule has 0 atom stereocenters. The van der Waals surface area contributed by atoms with Gasteiger partial charge >= 0.3 is 0 Å². The van der Waals surface area contributed by atoms with Crippen molar-refractivity contribution < 1.29 is 0 Å². The monoisotopic (exact) mass is 222 g/mol. The van der Waals surface area contributed by atoms with E-state index in [9.17, 15) is 0 Å². The summed E-state index contributed by atoms with van der Waals surface area (Å²) in [6, 6.07) is 0. The van der Waals surface area contributed by atoms with E-state index in [0.717, 1.165) is 0 Å². The first-order valence-electron chi connectivity index (χ1n) is 4.73. The summed E-state index contributed by atoms with van der Waals surface area (Å²) in [5, 5.41) is 0. The molecule has 0 amide bonds. The number of allylic oxidation sites excluding steroid dienone is 6. The first kappa shape index (κ1) is 12.6. The van der Waals surface area contributed by atoms with E-state index >= 15 is 0 Å². The highest BCUT2D eigenvalue weighted by molar-refractivity contribution is 5.90. The van der Waals surface area contributed by atoms with Crippen molar-refractivity contribution in [2.24, 2.45) is 0 Å². The molecule has 1 rings (SSSR count). The van der Waals surface area contributed by atoms with Crippen molar-refractivity contribution in [3.05, 3.63) is 33.4 Å². The molecule has 1 fully saturated rings. The molecule has 78 valence electrons. The van der Waals surface area contributed by atoms with E-state index in [1.807, 2.05) is 0 Å². The first-order valence-corrected chi connectivity index (χ1v) is 4.73. The highest BCUT2D eigenvalue weighted by Gasteiger charge is 2.38. The predicted octanol–water partition coefficient (Wildman–Crippen LogP) is 1.69. The van der Waals surface area contributed by atoms with Crippen LogP contribution in [0.3, 0.4) is 0 Å². The topological polar surface area (TPSA) is 0 Å². The van der Waals surface area contributed by atoms with Crippen LogP contribution in [0, 0.1) is 74.1 Å². The van der Waals surface area contributed by atoms with Crippen LogP contribution in [0.4, 0.5) is 0 Å². The van der Waals surface area contributed by atoms with Crippen molar-refractivity contribution in [2.75, 3.05) is 0 Å². The number of hydrogen-bond donors (Lipinski definition) is 0. The maximum Gasteiger partial charge on any atom is 0.0824 e. The zero-order chi connectivity index (χ0) is 13.7. The van der Waals surface area contributed by atoms with Crippen molar-refractivity contribution in [1.29, 1.82) is 0 Å². The van der Waals surface area contributed by atoms with Gasteiger partial charge in [-0.2, -0.15) is 0 Å². The van der Waals surface area contributed by atoms with Gasteiger partial charge in [-0.1, -0.05) is 35.5 Å². The highest BCUT2D eigenvalue weighted by Crippen LogP contribution is 2.50. The van der Waals surface area contributed by atoms with Crippen LogP contribution in [0.25, 0.3) is 0 Å². The Hall–Kier alpha value is -3.42. The maximum atomic E-state index is 5.31. The van der Waals surface area contributed by atoms with E-state index in [4.69, 9.17) is 38.5 Å². The van der Waals surface area contributed by atoms with Crippen LogP contribution in [-0.4, -0.2) is 0 Å². The van der Waals surface area contributed by atoms with Gasteiger partial charge in [-0.3, -0.25) is 0 Å². The van der Waals surface area contributed by atoms with E-state index in [2.05, 4.69) is 35.5 Å². The second-order valence-electron chi connectivity index (χ2n) is 3.12. The van der Waals surface area contributed by atoms with Gasteiger partial charge in [0.1, 0.15) is 0 Å². The average Bonchev–Trinajstić information content (AvgIpc) is 3.10. The number of hydrogen-bond acceptors (Lipinski definition) is 0. The van der Waals surface area contributed by atoms with Crippen molar-refractivity contribution in [3.8, 4) is 74.1 Å². The van der Waals surface area contributed by atoms with E-state index in [-0.39, 0.29) is 0 Å². The lowest BCUT2D eigenvalue weighted by molar-refractivity contribution is 1.79. The molecule has 1 saturated carbocycles. The molecular formula is C18H6. The summed E-state index contributed by atoms with van der Waals surface area (Å²) in [4.78, 5) is 0. The average molecular weight is 222 g/mol. The summed E-state index contributed by atoms with van der Waals surface area (Å²) < 4.78 is 0. The Morgan fingerprint density at radius 1 is 0.444 bits per heavy atom. The maximum absolute atomic E-state index is 5.31. The highest BCUT2D eigenvalue weighted by atomic mass is 14.4. The minimum Gasteiger partial charge on any atom is -0.114 e. The van der Waals surface area contributed by atoms with Crippen molar-refractivity contribution in [1.82, 2.24) is 0 Å². The first-order chi connectivity index (χ1) is 8.69. The lowest BCUT2D eigenvalue weighted by atomic mass is 10.2. The summed E-state index contributed by atoms with van der Waals surface area (Å²) in [6.07, 6.45) is 31.9. The summed E-state index contributed by atoms with van der Waals surface area (Å²) in [7, 11) is 0. The van der Waals surface area contributed by atoms with Crippen molar-refractivity contribution in [2.45, 2.75) is 0 Å². The SMILES string of the molecule is C#CC(C#C)=C1C(=C(C#C)C#C)C1=C(C#C)C#C. The molecule has 0 nitrogen and oxygen atoms in total. The zero-order valence-electron chi connectivity index (χ0n) is 9.46. The molecule has 0 saturated heterocycles. The molecule has 1 aliphatic carbocycles. The zero-order valence-corrected chi connectivity index (χ0v) is 9.46. The van der Waals surface area contributed by atoms with Crippen molar-refractivity contribution in [3.63, 3.8) is 0 Å². The Morgan fingerprint density at radius 3 is 0.722 bits per heavy atom. The molecule has 0 aromatic heterocycles. The van der Waals surface area contributed by atoms with Gasteiger partial charge in [0.2, 0.25) is 0 Å². The number of terminal acetylenes is 6. The molecule has 0 heterocycles. The van der Waals surface area contributed by atoms with Gasteiger partial charge < -0.3 is 0 Å². The molecule has 0 radical (unpaired) electrons. The van der Waals surface area contributed by atoms with Crippen LogP contribution in [0.2, 0.25) is 0 Å². The largest absolute Gasteiger partial charge is 0.114 e. The van der Waals surface area contributed by atoms with Crippen molar-refractivity contribution >= 4 is 0 Å². The van der Waals surface area contributed by atoms with Crippen LogP contribution in [0.15, 0.2) is 33.4 Å². The van der Waals surface area contributed by atoms with E-state index < -0.39 is 0 Å². The summed E-state index contributed by atoms with van der Waals surface area (Å²) in [5.41, 5.74) is 2.84. The summed E-state index contributed by atoms with van der Waals surface area (Å²) >= 11 is 0. The molecule has 0 N–H and O–H groups in total. The van der Waals surface area contributed by atoms with Gasteiger partial charge in [0.15, 0.2) is 0 Å². The number of rotatable bonds is 0. The van der Waals surface area contributed by atoms with Gasteiger partial charge in [0.25, 0.3) is 0 Å². The second-order valence-corrected chi connectivity index (χ2v) is 3.12. The van der Waals surface area contributed by atoms with Crippen LogP contribution in [-0.2, 0) is 0 Å². The predicted molar refractivity (Wildman–Crippen MR) is 74.1 cm³/mol. The third kappa shape index (κ3) is 1.80. The third-order valence-corrected chi connectivity index (χ3v) is 2.30. The van der Waals surface area contributed by atoms with Crippen LogP contribution >= 0.6 is 0 Å².